The smallest absolute Gasteiger partial charge is 0.252 e. The fourth-order valence-corrected chi connectivity index (χ4v) is 1.67. The standard InChI is InChI=1S/C15H15N3O3/c1-11-8-13(18-21-11)10-17-15(20)14-5-6-16-9-12(14)4-2-3-7-19/h5-6,8-9,19H,3,7,10H2,1H3,(H,17,20). The Kier molecular flexibility index (Phi) is 5.07. The van der Waals surface area contributed by atoms with Gasteiger partial charge in [-0.2, -0.15) is 0 Å². The zero-order valence-corrected chi connectivity index (χ0v) is 11.6. The van der Waals surface area contributed by atoms with E-state index in [-0.39, 0.29) is 19.1 Å². The first-order chi connectivity index (χ1) is 10.2. The van der Waals surface area contributed by atoms with Crippen molar-refractivity contribution in [3.05, 3.63) is 47.1 Å². The highest BCUT2D eigenvalue weighted by Crippen LogP contribution is 2.07. The van der Waals surface area contributed by atoms with Gasteiger partial charge in [0.15, 0.2) is 0 Å². The molecule has 0 radical (unpaired) electrons. The first-order valence-electron chi connectivity index (χ1n) is 6.45. The van der Waals surface area contributed by atoms with Crippen molar-refractivity contribution in [2.45, 2.75) is 19.9 Å². The lowest BCUT2D eigenvalue weighted by Gasteiger charge is -2.04. The summed E-state index contributed by atoms with van der Waals surface area (Å²) >= 11 is 0. The fourth-order valence-electron chi connectivity index (χ4n) is 1.67. The number of aryl methyl sites for hydroxylation is 1. The zero-order valence-electron chi connectivity index (χ0n) is 11.6. The second-order valence-corrected chi connectivity index (χ2v) is 4.31. The number of hydrogen-bond acceptors (Lipinski definition) is 5. The maximum absolute atomic E-state index is 12.2. The Hall–Kier alpha value is -2.65. The highest BCUT2D eigenvalue weighted by Gasteiger charge is 2.10. The second-order valence-electron chi connectivity index (χ2n) is 4.31. The predicted octanol–water partition coefficient (Wildman–Crippen LogP) is 1.04. The van der Waals surface area contributed by atoms with Crippen LogP contribution in [0, 0.1) is 18.8 Å². The third-order valence-corrected chi connectivity index (χ3v) is 2.63. The molecule has 2 rings (SSSR count). The summed E-state index contributed by atoms with van der Waals surface area (Å²) in [6.45, 7) is 2.05. The fraction of sp³-hybridized carbons (Fsp3) is 0.267. The highest BCUT2D eigenvalue weighted by molar-refractivity contribution is 5.96. The van der Waals surface area contributed by atoms with Crippen molar-refractivity contribution in [1.82, 2.24) is 15.5 Å². The van der Waals surface area contributed by atoms with Crippen molar-refractivity contribution in [3.8, 4) is 11.8 Å². The van der Waals surface area contributed by atoms with E-state index in [9.17, 15) is 4.79 Å². The molecule has 0 spiro atoms. The molecular formula is C15H15N3O3. The topological polar surface area (TPSA) is 88.2 Å². The van der Waals surface area contributed by atoms with E-state index in [0.29, 0.717) is 29.0 Å². The lowest BCUT2D eigenvalue weighted by Crippen LogP contribution is -2.23. The average Bonchev–Trinajstić information content (AvgIpc) is 2.91. The first-order valence-corrected chi connectivity index (χ1v) is 6.45. The average molecular weight is 285 g/mol. The van der Waals surface area contributed by atoms with E-state index in [1.807, 2.05) is 0 Å². The molecule has 2 aromatic rings. The molecule has 0 aliphatic rings. The third kappa shape index (κ3) is 4.16. The molecule has 0 unspecified atom stereocenters. The van der Waals surface area contributed by atoms with Gasteiger partial charge in [0, 0.05) is 24.9 Å². The minimum atomic E-state index is -0.258. The molecule has 2 heterocycles. The molecule has 6 heteroatoms. The van der Waals surface area contributed by atoms with E-state index in [4.69, 9.17) is 9.63 Å². The number of aliphatic hydroxyl groups is 1. The number of aromatic nitrogens is 2. The first kappa shape index (κ1) is 14.8. The maximum Gasteiger partial charge on any atom is 0.252 e. The summed E-state index contributed by atoms with van der Waals surface area (Å²) in [4.78, 5) is 16.1. The van der Waals surface area contributed by atoms with E-state index in [0.717, 1.165) is 0 Å². The number of hydrogen-bond donors (Lipinski definition) is 2. The number of amides is 1. The Morgan fingerprint density at radius 2 is 2.38 bits per heavy atom. The SMILES string of the molecule is Cc1cc(CNC(=O)c2ccncc2C#CCCO)no1. The van der Waals surface area contributed by atoms with Crippen molar-refractivity contribution in [1.29, 1.82) is 0 Å². The molecule has 2 N–H and O–H groups in total. The van der Waals surface area contributed by atoms with Gasteiger partial charge in [0.2, 0.25) is 0 Å². The van der Waals surface area contributed by atoms with Gasteiger partial charge in [-0.3, -0.25) is 9.78 Å². The lowest BCUT2D eigenvalue weighted by atomic mass is 10.1. The van der Waals surface area contributed by atoms with E-state index in [1.54, 1.807) is 19.1 Å². The van der Waals surface area contributed by atoms with Crippen LogP contribution in [0.4, 0.5) is 0 Å². The van der Waals surface area contributed by atoms with Gasteiger partial charge in [-0.05, 0) is 13.0 Å². The van der Waals surface area contributed by atoms with Gasteiger partial charge in [0.05, 0.1) is 24.3 Å². The van der Waals surface area contributed by atoms with Gasteiger partial charge < -0.3 is 14.9 Å². The third-order valence-electron chi connectivity index (χ3n) is 2.63. The Labute approximate surface area is 122 Å². The van der Waals surface area contributed by atoms with Crippen LogP contribution in [0.1, 0.15) is 33.8 Å². The van der Waals surface area contributed by atoms with Gasteiger partial charge in [-0.25, -0.2) is 0 Å². The van der Waals surface area contributed by atoms with Crippen LogP contribution in [-0.2, 0) is 6.54 Å². The molecule has 1 amide bonds. The largest absolute Gasteiger partial charge is 0.395 e. The molecular weight excluding hydrogens is 270 g/mol. The maximum atomic E-state index is 12.2. The summed E-state index contributed by atoms with van der Waals surface area (Å²) in [5, 5.41) is 15.3. The Morgan fingerprint density at radius 3 is 3.10 bits per heavy atom. The van der Waals surface area contributed by atoms with Crippen LogP contribution in [0.25, 0.3) is 0 Å². The molecule has 2 aromatic heterocycles. The number of nitrogens with one attached hydrogen (secondary N) is 1. The highest BCUT2D eigenvalue weighted by atomic mass is 16.5. The molecule has 108 valence electrons. The minimum absolute atomic E-state index is 0.0136. The predicted molar refractivity (Wildman–Crippen MR) is 75.2 cm³/mol. The Bertz CT molecular complexity index is 683. The summed E-state index contributed by atoms with van der Waals surface area (Å²) in [5.74, 6) is 6.04. The molecule has 0 fully saturated rings. The number of aliphatic hydroxyl groups excluding tert-OH is 1. The summed E-state index contributed by atoms with van der Waals surface area (Å²) in [7, 11) is 0. The van der Waals surface area contributed by atoms with Crippen LogP contribution in [0.15, 0.2) is 29.0 Å². The summed E-state index contributed by atoms with van der Waals surface area (Å²) < 4.78 is 4.93. The monoisotopic (exact) mass is 285 g/mol. The van der Waals surface area contributed by atoms with Gasteiger partial charge in [-0.15, -0.1) is 0 Å². The Morgan fingerprint density at radius 1 is 1.52 bits per heavy atom. The molecule has 0 aromatic carbocycles. The van der Waals surface area contributed by atoms with Crippen LogP contribution in [-0.4, -0.2) is 27.8 Å². The van der Waals surface area contributed by atoms with Crippen LogP contribution in [0.5, 0.6) is 0 Å². The van der Waals surface area contributed by atoms with Crippen LogP contribution >= 0.6 is 0 Å². The van der Waals surface area contributed by atoms with Crippen molar-refractivity contribution in [2.75, 3.05) is 6.61 Å². The van der Waals surface area contributed by atoms with Crippen molar-refractivity contribution in [3.63, 3.8) is 0 Å². The van der Waals surface area contributed by atoms with Crippen LogP contribution in [0.2, 0.25) is 0 Å². The van der Waals surface area contributed by atoms with Gasteiger partial charge >= 0.3 is 0 Å². The quantitative estimate of drug-likeness (QED) is 0.819. The molecule has 0 aliphatic carbocycles. The minimum Gasteiger partial charge on any atom is -0.395 e. The van der Waals surface area contributed by atoms with E-state index in [1.165, 1.54) is 12.4 Å². The summed E-state index contributed by atoms with van der Waals surface area (Å²) in [6, 6.07) is 3.36. The number of rotatable bonds is 4. The van der Waals surface area contributed by atoms with Gasteiger partial charge in [0.25, 0.3) is 5.91 Å². The number of carbonyl (C=O) groups is 1. The second kappa shape index (κ2) is 7.22. The normalized spacial score (nSPS) is 9.81. The molecule has 0 aliphatic heterocycles. The van der Waals surface area contributed by atoms with E-state index in [2.05, 4.69) is 27.3 Å². The van der Waals surface area contributed by atoms with Gasteiger partial charge in [0.1, 0.15) is 11.5 Å². The summed E-state index contributed by atoms with van der Waals surface area (Å²) in [6.07, 6.45) is 3.42. The number of carbonyl (C=O) groups excluding carboxylic acids is 1. The number of pyridine rings is 1. The molecule has 0 saturated carbocycles. The molecule has 0 saturated heterocycles. The zero-order chi connectivity index (χ0) is 15.1. The summed E-state index contributed by atoms with van der Waals surface area (Å²) in [5.41, 5.74) is 1.62. The molecule has 21 heavy (non-hydrogen) atoms. The molecule has 6 nitrogen and oxygen atoms in total. The molecule has 0 atom stereocenters. The lowest BCUT2D eigenvalue weighted by molar-refractivity contribution is 0.0949. The number of nitrogens with zero attached hydrogens (tertiary/aromatic N) is 2. The molecule has 0 bridgehead atoms. The van der Waals surface area contributed by atoms with Crippen molar-refractivity contribution in [2.24, 2.45) is 0 Å². The van der Waals surface area contributed by atoms with Crippen molar-refractivity contribution >= 4 is 5.91 Å². The van der Waals surface area contributed by atoms with E-state index < -0.39 is 0 Å². The van der Waals surface area contributed by atoms with Gasteiger partial charge in [-0.1, -0.05) is 17.0 Å². The van der Waals surface area contributed by atoms with Crippen LogP contribution in [0.3, 0.4) is 0 Å². The Balaban J connectivity index is 2.07. The van der Waals surface area contributed by atoms with Crippen molar-refractivity contribution < 1.29 is 14.4 Å². The van der Waals surface area contributed by atoms with E-state index >= 15 is 0 Å². The van der Waals surface area contributed by atoms with Crippen LogP contribution < -0.4 is 5.32 Å².